The molecule has 1 atom stereocenters. The smallest absolute Gasteiger partial charge is 0.225 e. The Morgan fingerprint density at radius 1 is 1.25 bits per heavy atom. The molecule has 1 aliphatic rings. The number of piperidine rings is 1. The zero-order valence-electron chi connectivity index (χ0n) is 14.7. The number of carbonyl (C=O) groups excluding carboxylic acids is 2. The van der Waals surface area contributed by atoms with Crippen LogP contribution in [0.2, 0.25) is 0 Å². The van der Waals surface area contributed by atoms with Crippen LogP contribution in [0.5, 0.6) is 0 Å². The Balaban J connectivity index is 1.87. The third-order valence-corrected chi connectivity index (χ3v) is 4.54. The zero-order chi connectivity index (χ0) is 17.7. The second kappa shape index (κ2) is 7.90. The van der Waals surface area contributed by atoms with Crippen molar-refractivity contribution < 1.29 is 19.4 Å². The first-order valence-electron chi connectivity index (χ1n) is 8.42. The van der Waals surface area contributed by atoms with Gasteiger partial charge in [-0.1, -0.05) is 29.8 Å². The van der Waals surface area contributed by atoms with E-state index in [0.29, 0.717) is 25.9 Å². The van der Waals surface area contributed by atoms with Crippen LogP contribution in [0.1, 0.15) is 42.1 Å². The summed E-state index contributed by atoms with van der Waals surface area (Å²) in [4.78, 5) is 26.6. The lowest BCUT2D eigenvalue weighted by Gasteiger charge is -2.33. The lowest BCUT2D eigenvalue weighted by atomic mass is 9.88. The monoisotopic (exact) mass is 333 g/mol. The third kappa shape index (κ3) is 4.89. The first-order valence-corrected chi connectivity index (χ1v) is 8.42. The number of benzene rings is 1. The van der Waals surface area contributed by atoms with Crippen molar-refractivity contribution in [2.24, 2.45) is 5.92 Å². The minimum Gasteiger partial charge on any atom is -0.387 e. The van der Waals surface area contributed by atoms with Crippen LogP contribution in [0.4, 0.5) is 0 Å². The molecule has 1 fully saturated rings. The van der Waals surface area contributed by atoms with Gasteiger partial charge in [-0.2, -0.15) is 0 Å². The van der Waals surface area contributed by atoms with Crippen molar-refractivity contribution in [3.05, 3.63) is 35.4 Å². The minimum absolute atomic E-state index is 0.0313. The Morgan fingerprint density at radius 2 is 1.83 bits per heavy atom. The summed E-state index contributed by atoms with van der Waals surface area (Å²) in [5.74, 6) is 0.0444. The topological polar surface area (TPSA) is 66.8 Å². The molecule has 1 aliphatic heterocycles. The van der Waals surface area contributed by atoms with Crippen molar-refractivity contribution in [2.75, 3.05) is 26.8 Å². The summed E-state index contributed by atoms with van der Waals surface area (Å²) in [6.45, 7) is 4.84. The van der Waals surface area contributed by atoms with E-state index >= 15 is 0 Å². The van der Waals surface area contributed by atoms with E-state index in [9.17, 15) is 14.7 Å². The van der Waals surface area contributed by atoms with E-state index in [1.165, 1.54) is 7.11 Å². The molecule has 2 rings (SSSR count). The van der Waals surface area contributed by atoms with E-state index < -0.39 is 5.60 Å². The Bertz CT molecular complexity index is 572. The van der Waals surface area contributed by atoms with Gasteiger partial charge in [0.25, 0.3) is 0 Å². The highest BCUT2D eigenvalue weighted by Gasteiger charge is 2.31. The van der Waals surface area contributed by atoms with Gasteiger partial charge < -0.3 is 14.7 Å². The average Bonchev–Trinajstić information content (AvgIpc) is 2.54. The van der Waals surface area contributed by atoms with Gasteiger partial charge in [-0.3, -0.25) is 9.59 Å². The van der Waals surface area contributed by atoms with Crippen molar-refractivity contribution >= 4 is 11.7 Å². The fraction of sp³-hybridized carbons (Fsp3) is 0.579. The summed E-state index contributed by atoms with van der Waals surface area (Å²) >= 11 is 0. The van der Waals surface area contributed by atoms with Crippen LogP contribution in [-0.2, 0) is 9.53 Å². The lowest BCUT2D eigenvalue weighted by molar-refractivity contribution is -0.139. The van der Waals surface area contributed by atoms with Crippen LogP contribution in [-0.4, -0.2) is 54.1 Å². The molecule has 0 radical (unpaired) electrons. The summed E-state index contributed by atoms with van der Waals surface area (Å²) in [6, 6.07) is 7.64. The fourth-order valence-electron chi connectivity index (χ4n) is 3.14. The molecule has 132 valence electrons. The maximum Gasteiger partial charge on any atom is 0.225 e. The minimum atomic E-state index is -1.15. The Kier molecular flexibility index (Phi) is 6.13. The number of likely N-dealkylation sites (tertiary alicyclic amines) is 1. The number of amides is 1. The summed E-state index contributed by atoms with van der Waals surface area (Å²) < 4.78 is 4.94. The number of rotatable bonds is 6. The van der Waals surface area contributed by atoms with Crippen LogP contribution >= 0.6 is 0 Å². The van der Waals surface area contributed by atoms with Crippen molar-refractivity contribution in [1.82, 2.24) is 4.90 Å². The normalized spacial score (nSPS) is 18.2. The average molecular weight is 333 g/mol. The first-order chi connectivity index (χ1) is 11.3. The standard InChI is InChI=1S/C19H27NO4/c1-14-4-6-15(7-5-14)18(22)16-8-10-20(11-9-16)17(21)12-19(2,23)13-24-3/h4-7,16,23H,8-13H2,1-3H3. The fourth-order valence-corrected chi connectivity index (χ4v) is 3.14. The molecule has 1 unspecified atom stereocenters. The number of ketones is 1. The molecule has 1 amide bonds. The quantitative estimate of drug-likeness (QED) is 0.811. The van der Waals surface area contributed by atoms with Gasteiger partial charge in [-0.25, -0.2) is 0 Å². The molecule has 0 bridgehead atoms. The molecule has 0 aromatic heterocycles. The van der Waals surface area contributed by atoms with E-state index in [-0.39, 0.29) is 30.6 Å². The second-order valence-corrected chi connectivity index (χ2v) is 6.99. The molecule has 24 heavy (non-hydrogen) atoms. The molecule has 1 aromatic rings. The molecule has 5 heteroatoms. The number of Topliss-reactive ketones (excluding diaryl/α,β-unsaturated/α-hetero) is 1. The highest BCUT2D eigenvalue weighted by molar-refractivity contribution is 5.98. The molecule has 1 heterocycles. The van der Waals surface area contributed by atoms with Gasteiger partial charge >= 0.3 is 0 Å². The highest BCUT2D eigenvalue weighted by Crippen LogP contribution is 2.23. The van der Waals surface area contributed by atoms with Gasteiger partial charge in [0, 0.05) is 31.7 Å². The van der Waals surface area contributed by atoms with E-state index in [4.69, 9.17) is 4.74 Å². The van der Waals surface area contributed by atoms with Crippen LogP contribution in [0, 0.1) is 12.8 Å². The Hall–Kier alpha value is -1.72. The SMILES string of the molecule is COCC(C)(O)CC(=O)N1CCC(C(=O)c2ccc(C)cc2)CC1. The van der Waals surface area contributed by atoms with Gasteiger partial charge in [0.05, 0.1) is 18.6 Å². The number of aryl methyl sites for hydroxylation is 1. The van der Waals surface area contributed by atoms with Gasteiger partial charge in [-0.05, 0) is 26.7 Å². The molecule has 0 saturated carbocycles. The number of nitrogens with zero attached hydrogens (tertiary/aromatic N) is 1. The first kappa shape index (κ1) is 18.6. The van der Waals surface area contributed by atoms with Crippen molar-refractivity contribution in [3.63, 3.8) is 0 Å². The summed E-state index contributed by atoms with van der Waals surface area (Å²) in [5, 5.41) is 10.1. The summed E-state index contributed by atoms with van der Waals surface area (Å²) in [5.41, 5.74) is 0.726. The second-order valence-electron chi connectivity index (χ2n) is 6.99. The molecule has 5 nitrogen and oxygen atoms in total. The molecule has 1 saturated heterocycles. The van der Waals surface area contributed by atoms with Crippen molar-refractivity contribution in [2.45, 2.75) is 38.7 Å². The molecule has 0 aliphatic carbocycles. The zero-order valence-corrected chi connectivity index (χ0v) is 14.7. The molecule has 1 N–H and O–H groups in total. The van der Waals surface area contributed by atoms with Gasteiger partial charge in [0.2, 0.25) is 5.91 Å². The maximum absolute atomic E-state index is 12.5. The summed E-state index contributed by atoms with van der Waals surface area (Å²) in [6.07, 6.45) is 1.38. The van der Waals surface area contributed by atoms with Crippen LogP contribution in [0.15, 0.2) is 24.3 Å². The highest BCUT2D eigenvalue weighted by atomic mass is 16.5. The Labute approximate surface area is 143 Å². The van der Waals surface area contributed by atoms with Gasteiger partial charge in [0.15, 0.2) is 5.78 Å². The predicted octanol–water partition coefficient (Wildman–Crippen LogP) is 2.20. The number of aliphatic hydroxyl groups is 1. The molecule has 1 aromatic carbocycles. The number of methoxy groups -OCH3 is 1. The molecule has 0 spiro atoms. The molecular weight excluding hydrogens is 306 g/mol. The van der Waals surface area contributed by atoms with Crippen molar-refractivity contribution in [3.8, 4) is 0 Å². The predicted molar refractivity (Wildman–Crippen MR) is 91.9 cm³/mol. The Morgan fingerprint density at radius 3 is 2.38 bits per heavy atom. The molecular formula is C19H27NO4. The van der Waals surface area contributed by atoms with Gasteiger partial charge in [0.1, 0.15) is 0 Å². The number of hydrogen-bond acceptors (Lipinski definition) is 4. The van der Waals surface area contributed by atoms with Crippen molar-refractivity contribution in [1.29, 1.82) is 0 Å². The lowest BCUT2D eigenvalue weighted by Crippen LogP contribution is -2.44. The van der Waals surface area contributed by atoms with E-state index in [1.807, 2.05) is 31.2 Å². The van der Waals surface area contributed by atoms with E-state index in [2.05, 4.69) is 0 Å². The van der Waals surface area contributed by atoms with E-state index in [1.54, 1.807) is 11.8 Å². The third-order valence-electron chi connectivity index (χ3n) is 4.54. The maximum atomic E-state index is 12.5. The van der Waals surface area contributed by atoms with Crippen LogP contribution < -0.4 is 0 Å². The number of hydrogen-bond donors (Lipinski definition) is 1. The van der Waals surface area contributed by atoms with E-state index in [0.717, 1.165) is 11.1 Å². The van der Waals surface area contributed by atoms with Gasteiger partial charge in [-0.15, -0.1) is 0 Å². The number of carbonyl (C=O) groups is 2. The van der Waals surface area contributed by atoms with Crippen LogP contribution in [0.25, 0.3) is 0 Å². The van der Waals surface area contributed by atoms with Crippen LogP contribution in [0.3, 0.4) is 0 Å². The largest absolute Gasteiger partial charge is 0.387 e. The number of ether oxygens (including phenoxy) is 1. The summed E-state index contributed by atoms with van der Waals surface area (Å²) in [7, 11) is 1.50.